The summed E-state index contributed by atoms with van der Waals surface area (Å²) in [5.74, 6) is 0.392. The number of carbonyl (C=O) groups is 2. The number of nitrogens with one attached hydrogen (secondary N) is 1. The molecule has 0 aliphatic carbocycles. The van der Waals surface area contributed by atoms with Gasteiger partial charge >= 0.3 is 0 Å². The Balaban J connectivity index is 1.96. The highest BCUT2D eigenvalue weighted by Gasteiger charge is 2.19. The molecule has 1 N–H and O–H groups in total. The number of methoxy groups -OCH3 is 1. The van der Waals surface area contributed by atoms with Crippen LogP contribution in [0.4, 0.5) is 5.82 Å². The fraction of sp³-hybridized carbons (Fsp3) is 0.500. The van der Waals surface area contributed by atoms with Crippen molar-refractivity contribution in [3.05, 3.63) is 47.2 Å². The summed E-state index contributed by atoms with van der Waals surface area (Å²) in [6, 6.07) is 9.27. The van der Waals surface area contributed by atoms with Crippen LogP contribution in [0.5, 0.6) is 0 Å². The van der Waals surface area contributed by atoms with Gasteiger partial charge in [-0.25, -0.2) is 0 Å². The molecule has 7 heteroatoms. The molecule has 1 heterocycles. The molecule has 0 bridgehead atoms. The lowest BCUT2D eigenvalue weighted by Gasteiger charge is -2.22. The van der Waals surface area contributed by atoms with Gasteiger partial charge in [0.15, 0.2) is 5.82 Å². The molecule has 2 rings (SSSR count). The van der Waals surface area contributed by atoms with Crippen molar-refractivity contribution in [3.63, 3.8) is 0 Å². The van der Waals surface area contributed by atoms with E-state index in [0.29, 0.717) is 30.3 Å². The summed E-state index contributed by atoms with van der Waals surface area (Å²) >= 11 is 0. The predicted octanol–water partition coefficient (Wildman–Crippen LogP) is 3.83. The summed E-state index contributed by atoms with van der Waals surface area (Å²) in [6.07, 6.45) is 5.86. The molecule has 0 fully saturated rings. The Morgan fingerprint density at radius 2 is 1.93 bits per heavy atom. The van der Waals surface area contributed by atoms with Gasteiger partial charge in [0.2, 0.25) is 5.91 Å². The average Bonchev–Trinajstić information content (AvgIpc) is 3.12. The van der Waals surface area contributed by atoms with Crippen molar-refractivity contribution < 1.29 is 18.8 Å². The maximum absolute atomic E-state index is 12.9. The lowest BCUT2D eigenvalue weighted by molar-refractivity contribution is -0.117. The predicted molar refractivity (Wildman–Crippen MR) is 112 cm³/mol. The zero-order valence-corrected chi connectivity index (χ0v) is 17.6. The molecule has 0 radical (unpaired) electrons. The summed E-state index contributed by atoms with van der Waals surface area (Å²) in [7, 11) is 1.56. The van der Waals surface area contributed by atoms with Crippen molar-refractivity contribution in [1.82, 2.24) is 10.1 Å². The Morgan fingerprint density at radius 1 is 1.17 bits per heavy atom. The van der Waals surface area contributed by atoms with Crippen LogP contribution in [0, 0.1) is 6.92 Å². The first-order valence-electron chi connectivity index (χ1n) is 10.1. The van der Waals surface area contributed by atoms with E-state index < -0.39 is 0 Å². The molecule has 0 aliphatic rings. The Hall–Kier alpha value is -2.67. The van der Waals surface area contributed by atoms with Gasteiger partial charge in [-0.2, -0.15) is 0 Å². The van der Waals surface area contributed by atoms with Crippen molar-refractivity contribution in [3.8, 4) is 0 Å². The van der Waals surface area contributed by atoms with E-state index in [9.17, 15) is 9.59 Å². The van der Waals surface area contributed by atoms with E-state index in [1.165, 1.54) is 29.7 Å². The Kier molecular flexibility index (Phi) is 9.37. The SMILES string of the molecule is CCCCCCc1ccc(C(=O)N(CCOC)CC(=O)Nc2cc(C)on2)cc1. The Labute approximate surface area is 172 Å². The van der Waals surface area contributed by atoms with Crippen LogP contribution < -0.4 is 5.32 Å². The van der Waals surface area contributed by atoms with E-state index in [1.54, 1.807) is 20.1 Å². The third-order valence-corrected chi connectivity index (χ3v) is 4.60. The summed E-state index contributed by atoms with van der Waals surface area (Å²) in [6.45, 7) is 4.51. The van der Waals surface area contributed by atoms with Gasteiger partial charge in [0.25, 0.3) is 5.91 Å². The maximum atomic E-state index is 12.9. The lowest BCUT2D eigenvalue weighted by atomic mass is 10.0. The highest BCUT2D eigenvalue weighted by molar-refractivity contribution is 5.99. The average molecular weight is 402 g/mol. The first kappa shape index (κ1) is 22.6. The van der Waals surface area contributed by atoms with Crippen LogP contribution in [0.2, 0.25) is 0 Å². The summed E-state index contributed by atoms with van der Waals surface area (Å²) in [5, 5.41) is 6.38. The minimum Gasteiger partial charge on any atom is -0.383 e. The number of carbonyl (C=O) groups excluding carboxylic acids is 2. The number of aryl methyl sites for hydroxylation is 2. The molecule has 29 heavy (non-hydrogen) atoms. The van der Waals surface area contributed by atoms with Crippen LogP contribution in [0.25, 0.3) is 0 Å². The number of rotatable bonds is 12. The van der Waals surface area contributed by atoms with E-state index in [-0.39, 0.29) is 18.4 Å². The van der Waals surface area contributed by atoms with E-state index >= 15 is 0 Å². The molecular weight excluding hydrogens is 370 g/mol. The minimum absolute atomic E-state index is 0.0904. The second-order valence-corrected chi connectivity index (χ2v) is 7.10. The number of ether oxygens (including phenoxy) is 1. The third-order valence-electron chi connectivity index (χ3n) is 4.60. The standard InChI is InChI=1S/C22H31N3O4/c1-4-5-6-7-8-18-9-11-19(12-10-18)22(27)25(13-14-28-3)16-21(26)23-20-15-17(2)29-24-20/h9-12,15H,4-8,13-14,16H2,1-3H3,(H,23,24,26). The molecule has 7 nitrogen and oxygen atoms in total. The van der Waals surface area contributed by atoms with Crippen LogP contribution >= 0.6 is 0 Å². The van der Waals surface area contributed by atoms with Gasteiger partial charge in [0.1, 0.15) is 12.3 Å². The van der Waals surface area contributed by atoms with Gasteiger partial charge in [-0.3, -0.25) is 9.59 Å². The van der Waals surface area contributed by atoms with E-state index in [0.717, 1.165) is 12.8 Å². The third kappa shape index (κ3) is 7.69. The molecule has 0 atom stereocenters. The molecular formula is C22H31N3O4. The fourth-order valence-corrected chi connectivity index (χ4v) is 2.99. The molecule has 0 unspecified atom stereocenters. The van der Waals surface area contributed by atoms with Crippen LogP contribution in [0.15, 0.2) is 34.9 Å². The van der Waals surface area contributed by atoms with Gasteiger partial charge in [-0.15, -0.1) is 0 Å². The highest BCUT2D eigenvalue weighted by atomic mass is 16.5. The van der Waals surface area contributed by atoms with Gasteiger partial charge in [0, 0.05) is 25.3 Å². The van der Waals surface area contributed by atoms with Crippen LogP contribution in [0.3, 0.4) is 0 Å². The molecule has 1 aromatic heterocycles. The number of hydrogen-bond donors (Lipinski definition) is 1. The van der Waals surface area contributed by atoms with Crippen LogP contribution in [-0.4, -0.2) is 48.7 Å². The molecule has 0 saturated heterocycles. The number of nitrogens with zero attached hydrogens (tertiary/aromatic N) is 2. The second-order valence-electron chi connectivity index (χ2n) is 7.10. The van der Waals surface area contributed by atoms with Crippen molar-refractivity contribution >= 4 is 17.6 Å². The summed E-state index contributed by atoms with van der Waals surface area (Å²) in [5.41, 5.74) is 1.78. The number of benzene rings is 1. The van der Waals surface area contributed by atoms with Gasteiger partial charge in [-0.1, -0.05) is 43.5 Å². The maximum Gasteiger partial charge on any atom is 0.254 e. The van der Waals surface area contributed by atoms with Gasteiger partial charge in [-0.05, 0) is 37.5 Å². The summed E-state index contributed by atoms with van der Waals surface area (Å²) in [4.78, 5) is 26.7. The largest absolute Gasteiger partial charge is 0.383 e. The van der Waals surface area contributed by atoms with Gasteiger partial charge < -0.3 is 19.5 Å². The van der Waals surface area contributed by atoms with E-state index in [2.05, 4.69) is 17.4 Å². The molecule has 0 aliphatic heterocycles. The number of unbranched alkanes of at least 4 members (excludes halogenated alkanes) is 3. The molecule has 0 spiro atoms. The topological polar surface area (TPSA) is 84.7 Å². The molecule has 2 amide bonds. The number of anilines is 1. The minimum atomic E-state index is -0.338. The Morgan fingerprint density at radius 3 is 2.55 bits per heavy atom. The van der Waals surface area contributed by atoms with Crippen molar-refractivity contribution in [1.29, 1.82) is 0 Å². The first-order valence-corrected chi connectivity index (χ1v) is 10.1. The lowest BCUT2D eigenvalue weighted by Crippen LogP contribution is -2.40. The number of aromatic nitrogens is 1. The van der Waals surface area contributed by atoms with Crippen molar-refractivity contribution in [2.45, 2.75) is 46.0 Å². The van der Waals surface area contributed by atoms with Crippen LogP contribution in [-0.2, 0) is 16.0 Å². The van der Waals surface area contributed by atoms with Crippen LogP contribution in [0.1, 0.15) is 54.3 Å². The fourth-order valence-electron chi connectivity index (χ4n) is 2.99. The Bertz CT molecular complexity index is 771. The quantitative estimate of drug-likeness (QED) is 0.546. The molecule has 0 saturated carbocycles. The van der Waals surface area contributed by atoms with E-state index in [4.69, 9.17) is 9.26 Å². The molecule has 158 valence electrons. The second kappa shape index (κ2) is 12.0. The number of amides is 2. The highest BCUT2D eigenvalue weighted by Crippen LogP contribution is 2.12. The zero-order chi connectivity index (χ0) is 21.1. The van der Waals surface area contributed by atoms with E-state index in [1.807, 2.05) is 24.3 Å². The first-order chi connectivity index (χ1) is 14.0. The summed E-state index contributed by atoms with van der Waals surface area (Å²) < 4.78 is 10.0. The smallest absolute Gasteiger partial charge is 0.254 e. The van der Waals surface area contributed by atoms with Crippen molar-refractivity contribution in [2.24, 2.45) is 0 Å². The zero-order valence-electron chi connectivity index (χ0n) is 17.6. The molecule has 1 aromatic carbocycles. The number of hydrogen-bond acceptors (Lipinski definition) is 5. The molecule has 2 aromatic rings. The van der Waals surface area contributed by atoms with Gasteiger partial charge in [0.05, 0.1) is 6.61 Å². The monoisotopic (exact) mass is 401 g/mol. The normalized spacial score (nSPS) is 10.7. The van der Waals surface area contributed by atoms with Crippen molar-refractivity contribution in [2.75, 3.05) is 32.1 Å².